The minimum absolute atomic E-state index is 0.0355. The minimum Gasteiger partial charge on any atom is -0.491 e. The Morgan fingerprint density at radius 2 is 1.60 bits per heavy atom. The number of carbonyl (C=O) groups excluding carboxylic acids is 1. The molecule has 2 N–H and O–H groups in total. The monoisotopic (exact) mass is 618 g/mol. The van der Waals surface area contributed by atoms with Crippen LogP contribution in [0.25, 0.3) is 0 Å². The van der Waals surface area contributed by atoms with E-state index in [1.54, 1.807) is 7.11 Å². The Bertz CT molecular complexity index is 1440. The smallest absolute Gasteiger partial charge is 0.309 e. The Morgan fingerprint density at radius 3 is 2.29 bits per heavy atom. The highest BCUT2D eigenvalue weighted by molar-refractivity contribution is 5.94. The van der Waals surface area contributed by atoms with Gasteiger partial charge in [-0.15, -0.1) is 0 Å². The van der Waals surface area contributed by atoms with E-state index in [9.17, 15) is 14.7 Å². The van der Waals surface area contributed by atoms with Crippen molar-refractivity contribution in [2.75, 3.05) is 58.7 Å². The van der Waals surface area contributed by atoms with Crippen molar-refractivity contribution in [2.24, 2.45) is 5.92 Å². The first-order valence-electron chi connectivity index (χ1n) is 15.5. The molecule has 0 spiro atoms. The molecular weight excluding hydrogens is 576 g/mol. The second-order valence-corrected chi connectivity index (χ2v) is 11.2. The van der Waals surface area contributed by atoms with E-state index < -0.39 is 17.9 Å². The number of anilines is 1. The summed E-state index contributed by atoms with van der Waals surface area (Å²) in [6.45, 7) is 6.50. The van der Waals surface area contributed by atoms with E-state index in [0.717, 1.165) is 40.8 Å². The van der Waals surface area contributed by atoms with Gasteiger partial charge in [-0.1, -0.05) is 50.2 Å². The van der Waals surface area contributed by atoms with Crippen molar-refractivity contribution in [2.45, 2.75) is 38.6 Å². The number of carbonyl (C=O) groups is 2. The molecule has 0 aromatic heterocycles. The van der Waals surface area contributed by atoms with Crippen LogP contribution in [0.1, 0.15) is 48.1 Å². The van der Waals surface area contributed by atoms with E-state index in [1.807, 2.05) is 65.6 Å². The van der Waals surface area contributed by atoms with Gasteiger partial charge in [0.05, 0.1) is 32.3 Å². The zero-order valence-electron chi connectivity index (χ0n) is 26.1. The van der Waals surface area contributed by atoms with Gasteiger partial charge < -0.3 is 34.1 Å². The molecule has 0 bridgehead atoms. The van der Waals surface area contributed by atoms with E-state index in [1.165, 1.54) is 0 Å². The molecule has 2 aliphatic heterocycles. The third-order valence-electron chi connectivity index (χ3n) is 8.47. The number of hydrogen-bond acceptors (Lipinski definition) is 8. The van der Waals surface area contributed by atoms with Crippen molar-refractivity contribution in [3.63, 3.8) is 0 Å². The highest BCUT2D eigenvalue weighted by atomic mass is 16.7. The predicted molar refractivity (Wildman–Crippen MR) is 169 cm³/mol. The fourth-order valence-electron chi connectivity index (χ4n) is 6.26. The third-order valence-corrected chi connectivity index (χ3v) is 8.47. The van der Waals surface area contributed by atoms with Crippen molar-refractivity contribution in [3.05, 3.63) is 82.9 Å². The van der Waals surface area contributed by atoms with Crippen molar-refractivity contribution < 1.29 is 38.4 Å². The summed E-state index contributed by atoms with van der Waals surface area (Å²) in [5.41, 5.74) is 4.62. The van der Waals surface area contributed by atoms with Crippen LogP contribution in [0.4, 0.5) is 5.69 Å². The third kappa shape index (κ3) is 7.58. The van der Waals surface area contributed by atoms with Gasteiger partial charge in [0.2, 0.25) is 12.7 Å². The van der Waals surface area contributed by atoms with Gasteiger partial charge in [0.25, 0.3) is 0 Å². The molecule has 1 fully saturated rings. The van der Waals surface area contributed by atoms with Crippen molar-refractivity contribution in [3.8, 4) is 17.2 Å². The first-order chi connectivity index (χ1) is 21.9. The number of fused-ring (bicyclic) bond motifs is 1. The molecule has 1 saturated heterocycles. The van der Waals surface area contributed by atoms with Crippen LogP contribution < -0.4 is 19.5 Å². The van der Waals surface area contributed by atoms with Gasteiger partial charge in [0.15, 0.2) is 11.5 Å². The SMILES string of the molecule is CCc1cccc(CC)c1NC(=O)CN1C[C@H](c2ccc3c(c2)OCO3)[C@H](C(=O)O)[C@H]1c1ccc(OCCOCCOC)cc1. The second-order valence-electron chi connectivity index (χ2n) is 11.2. The molecule has 0 radical (unpaired) electrons. The number of nitrogens with zero attached hydrogens (tertiary/aromatic N) is 1. The van der Waals surface area contributed by atoms with Gasteiger partial charge in [-0.3, -0.25) is 14.5 Å². The van der Waals surface area contributed by atoms with E-state index >= 15 is 0 Å². The summed E-state index contributed by atoms with van der Waals surface area (Å²) in [6, 6.07) is 18.5. The van der Waals surface area contributed by atoms with Crippen LogP contribution in [-0.2, 0) is 31.9 Å². The molecular formula is C35H42N2O8. The highest BCUT2D eigenvalue weighted by Gasteiger charge is 2.48. The number of carboxylic acids is 1. The number of ether oxygens (including phenoxy) is 5. The largest absolute Gasteiger partial charge is 0.491 e. The molecule has 45 heavy (non-hydrogen) atoms. The van der Waals surface area contributed by atoms with Gasteiger partial charge in [0, 0.05) is 31.3 Å². The van der Waals surface area contributed by atoms with Crippen LogP contribution in [0.3, 0.4) is 0 Å². The van der Waals surface area contributed by atoms with Crippen LogP contribution >= 0.6 is 0 Å². The topological polar surface area (TPSA) is 116 Å². The first-order valence-corrected chi connectivity index (χ1v) is 15.5. The fourth-order valence-corrected chi connectivity index (χ4v) is 6.26. The average molecular weight is 619 g/mol. The lowest BCUT2D eigenvalue weighted by atomic mass is 9.82. The average Bonchev–Trinajstić information content (AvgIpc) is 3.67. The number of aryl methyl sites for hydroxylation is 2. The standard InChI is InChI=1S/C35H42N2O8/c1-4-23-7-6-8-24(5-2)33(23)36-31(38)21-37-20-28(26-11-14-29-30(19-26)45-22-44-29)32(35(39)40)34(37)25-9-12-27(13-10-25)43-18-17-42-16-15-41-3/h6-14,19,28,32,34H,4-5,15-18,20-22H2,1-3H3,(H,36,38)(H,39,40)/t28-,32+,34-/m1/s1. The van der Waals surface area contributed by atoms with Gasteiger partial charge in [-0.2, -0.15) is 0 Å². The molecule has 0 saturated carbocycles. The molecule has 5 rings (SSSR count). The lowest BCUT2D eigenvalue weighted by molar-refractivity contribution is -0.143. The Morgan fingerprint density at radius 1 is 0.911 bits per heavy atom. The Balaban J connectivity index is 1.40. The Hall–Kier alpha value is -4.12. The number of amides is 1. The summed E-state index contributed by atoms with van der Waals surface area (Å²) in [5, 5.41) is 13.8. The lowest BCUT2D eigenvalue weighted by Crippen LogP contribution is -2.35. The van der Waals surface area contributed by atoms with Crippen molar-refractivity contribution >= 4 is 17.6 Å². The maximum absolute atomic E-state index is 13.6. The molecule has 3 aromatic carbocycles. The van der Waals surface area contributed by atoms with Crippen LogP contribution in [0.15, 0.2) is 60.7 Å². The summed E-state index contributed by atoms with van der Waals surface area (Å²) in [7, 11) is 1.62. The molecule has 2 aliphatic rings. The summed E-state index contributed by atoms with van der Waals surface area (Å²) >= 11 is 0. The summed E-state index contributed by atoms with van der Waals surface area (Å²) in [4.78, 5) is 28.6. The summed E-state index contributed by atoms with van der Waals surface area (Å²) in [6.07, 6.45) is 1.58. The molecule has 240 valence electrons. The highest BCUT2D eigenvalue weighted by Crippen LogP contribution is 2.47. The molecule has 0 unspecified atom stereocenters. The van der Waals surface area contributed by atoms with E-state index in [2.05, 4.69) is 19.2 Å². The number of nitrogens with one attached hydrogen (secondary N) is 1. The molecule has 0 aliphatic carbocycles. The maximum Gasteiger partial charge on any atom is 0.309 e. The number of benzene rings is 3. The number of hydrogen-bond donors (Lipinski definition) is 2. The Labute approximate surface area is 264 Å². The van der Waals surface area contributed by atoms with Crippen LogP contribution in [-0.4, -0.2) is 75.3 Å². The van der Waals surface area contributed by atoms with Gasteiger partial charge >= 0.3 is 5.97 Å². The molecule has 2 heterocycles. The number of para-hydroxylation sites is 1. The van der Waals surface area contributed by atoms with E-state index in [0.29, 0.717) is 50.2 Å². The second kappa shape index (κ2) is 15.2. The van der Waals surface area contributed by atoms with Crippen LogP contribution in [0.5, 0.6) is 17.2 Å². The summed E-state index contributed by atoms with van der Waals surface area (Å²) in [5.74, 6) is -0.419. The van der Waals surface area contributed by atoms with Crippen LogP contribution in [0, 0.1) is 5.92 Å². The summed E-state index contributed by atoms with van der Waals surface area (Å²) < 4.78 is 27.4. The predicted octanol–water partition coefficient (Wildman–Crippen LogP) is 5.06. The van der Waals surface area contributed by atoms with Gasteiger partial charge in [0.1, 0.15) is 12.4 Å². The number of aliphatic carboxylic acids is 1. The molecule has 3 aromatic rings. The van der Waals surface area contributed by atoms with Crippen molar-refractivity contribution in [1.29, 1.82) is 0 Å². The zero-order chi connectivity index (χ0) is 31.8. The molecule has 3 atom stereocenters. The number of carboxylic acid groups (broad SMARTS) is 1. The lowest BCUT2D eigenvalue weighted by Gasteiger charge is -2.27. The normalized spacial score (nSPS) is 19.0. The molecule has 1 amide bonds. The van der Waals surface area contributed by atoms with Crippen LogP contribution in [0.2, 0.25) is 0 Å². The number of likely N-dealkylation sites (tertiary alicyclic amines) is 1. The molecule has 10 nitrogen and oxygen atoms in total. The number of rotatable bonds is 15. The van der Waals surface area contributed by atoms with Crippen molar-refractivity contribution in [1.82, 2.24) is 4.90 Å². The first kappa shape index (κ1) is 32.3. The quantitative estimate of drug-likeness (QED) is 0.226. The minimum atomic E-state index is -0.927. The van der Waals surface area contributed by atoms with Gasteiger partial charge in [-0.05, 0) is 59.4 Å². The van der Waals surface area contributed by atoms with Gasteiger partial charge in [-0.25, -0.2) is 0 Å². The maximum atomic E-state index is 13.6. The Kier molecular flexibility index (Phi) is 10.9. The fraction of sp³-hybridized carbons (Fsp3) is 0.429. The molecule has 10 heteroatoms. The number of methoxy groups -OCH3 is 1. The van der Waals surface area contributed by atoms with E-state index in [-0.39, 0.29) is 25.2 Å². The van der Waals surface area contributed by atoms with E-state index in [4.69, 9.17) is 23.7 Å². The zero-order valence-corrected chi connectivity index (χ0v) is 26.1.